The molecule has 2 aromatic rings. The number of fused-ring (bicyclic) bond motifs is 1. The lowest BCUT2D eigenvalue weighted by molar-refractivity contribution is -0.132. The third kappa shape index (κ3) is 5.05. The molecule has 0 saturated carbocycles. The molecule has 0 saturated heterocycles. The molecule has 3 amide bonds. The molecule has 0 aliphatic carbocycles. The molecular weight excluding hydrogens is 380 g/mol. The van der Waals surface area contributed by atoms with Gasteiger partial charge in [0.05, 0.1) is 19.0 Å². The van der Waals surface area contributed by atoms with Crippen molar-refractivity contribution in [3.8, 4) is 0 Å². The van der Waals surface area contributed by atoms with Gasteiger partial charge >= 0.3 is 0 Å². The van der Waals surface area contributed by atoms with Crippen molar-refractivity contribution in [1.82, 2.24) is 15.8 Å². The molecule has 30 heavy (non-hydrogen) atoms. The number of carbonyl (C=O) groups excluding carboxylic acids is 3. The minimum atomic E-state index is -0.422. The lowest BCUT2D eigenvalue weighted by Crippen LogP contribution is -2.45. The van der Waals surface area contributed by atoms with Gasteiger partial charge in [-0.2, -0.15) is 0 Å². The predicted molar refractivity (Wildman–Crippen MR) is 116 cm³/mol. The summed E-state index contributed by atoms with van der Waals surface area (Å²) in [7, 11) is 0. The van der Waals surface area contributed by atoms with Crippen molar-refractivity contribution >= 4 is 29.5 Å². The summed E-state index contributed by atoms with van der Waals surface area (Å²) in [5.41, 5.74) is 9.78. The lowest BCUT2D eigenvalue weighted by Gasteiger charge is -2.32. The number of anilines is 1. The minimum absolute atomic E-state index is 0.0265. The quantitative estimate of drug-likeness (QED) is 0.666. The number of carbonyl (C=O) groups is 3. The topological polar surface area (TPSA) is 90.5 Å². The van der Waals surface area contributed by atoms with E-state index < -0.39 is 6.04 Å². The maximum atomic E-state index is 12.5. The first-order valence-corrected chi connectivity index (χ1v) is 9.80. The molecule has 1 heterocycles. The first kappa shape index (κ1) is 21.1. The van der Waals surface area contributed by atoms with E-state index in [0.717, 1.165) is 27.9 Å². The van der Waals surface area contributed by atoms with E-state index in [1.54, 1.807) is 6.20 Å². The highest BCUT2D eigenvalue weighted by atomic mass is 16.2. The number of nitrogens with zero attached hydrogens (tertiary/aromatic N) is 1. The number of amides is 3. The number of rotatable bonds is 5. The van der Waals surface area contributed by atoms with Gasteiger partial charge in [0.2, 0.25) is 11.8 Å². The lowest BCUT2D eigenvalue weighted by atomic mass is 9.93. The van der Waals surface area contributed by atoms with E-state index in [1.807, 2.05) is 62.4 Å². The third-order valence-corrected chi connectivity index (χ3v) is 5.01. The standard InChI is InChI=1S/C23H26N4O3/c1-15-8-9-20(16(2)12-15)24-14-23(30)26-25-22(29)13-21-19-7-5-4-6-18(19)10-11-27(21)17(3)28/h4-12,21,24H,13-14H2,1-3H3,(H,25,29)(H,26,30)/t21-/m0/s1. The Labute approximate surface area is 176 Å². The molecule has 1 aliphatic heterocycles. The molecule has 1 atom stereocenters. The van der Waals surface area contributed by atoms with E-state index in [0.29, 0.717) is 0 Å². The van der Waals surface area contributed by atoms with Crippen molar-refractivity contribution in [2.45, 2.75) is 33.2 Å². The Kier molecular flexibility index (Phi) is 6.51. The van der Waals surface area contributed by atoms with Crippen LogP contribution in [0.3, 0.4) is 0 Å². The molecule has 0 bridgehead atoms. The molecule has 3 N–H and O–H groups in total. The number of benzene rings is 2. The van der Waals surface area contributed by atoms with Crippen molar-refractivity contribution in [3.05, 3.63) is 70.9 Å². The van der Waals surface area contributed by atoms with E-state index in [4.69, 9.17) is 0 Å². The number of nitrogens with one attached hydrogen (secondary N) is 3. The molecule has 7 nitrogen and oxygen atoms in total. The Morgan fingerprint density at radius 1 is 1.00 bits per heavy atom. The second-order valence-corrected chi connectivity index (χ2v) is 7.36. The summed E-state index contributed by atoms with van der Waals surface area (Å²) < 4.78 is 0. The fourth-order valence-corrected chi connectivity index (χ4v) is 3.51. The second kappa shape index (κ2) is 9.26. The Balaban J connectivity index is 1.55. The molecule has 2 aromatic carbocycles. The van der Waals surface area contributed by atoms with Crippen LogP contribution in [-0.4, -0.2) is 29.2 Å². The molecule has 1 aliphatic rings. The second-order valence-electron chi connectivity index (χ2n) is 7.36. The molecule has 0 fully saturated rings. The van der Waals surface area contributed by atoms with Gasteiger partial charge in [-0.25, -0.2) is 0 Å². The summed E-state index contributed by atoms with van der Waals surface area (Å²) >= 11 is 0. The van der Waals surface area contributed by atoms with Crippen LogP contribution in [0.2, 0.25) is 0 Å². The maximum absolute atomic E-state index is 12.5. The predicted octanol–water partition coefficient (Wildman–Crippen LogP) is 2.83. The highest BCUT2D eigenvalue weighted by Gasteiger charge is 2.28. The molecule has 0 unspecified atom stereocenters. The van der Waals surface area contributed by atoms with Gasteiger partial charge in [0, 0.05) is 18.8 Å². The highest BCUT2D eigenvalue weighted by molar-refractivity contribution is 5.86. The fraction of sp³-hybridized carbons (Fsp3) is 0.261. The number of hydrogen-bond donors (Lipinski definition) is 3. The van der Waals surface area contributed by atoms with Crippen LogP contribution in [0.25, 0.3) is 6.08 Å². The van der Waals surface area contributed by atoms with E-state index in [1.165, 1.54) is 11.8 Å². The van der Waals surface area contributed by atoms with E-state index in [9.17, 15) is 14.4 Å². The summed E-state index contributed by atoms with van der Waals surface area (Å²) in [6.45, 7) is 5.46. The Hall–Kier alpha value is -3.61. The smallest absolute Gasteiger partial charge is 0.257 e. The van der Waals surface area contributed by atoms with Gasteiger partial charge in [0.1, 0.15) is 0 Å². The van der Waals surface area contributed by atoms with Gasteiger partial charge in [0.15, 0.2) is 0 Å². The molecule has 0 radical (unpaired) electrons. The Bertz CT molecular complexity index is 1000. The average molecular weight is 406 g/mol. The Morgan fingerprint density at radius 2 is 1.73 bits per heavy atom. The van der Waals surface area contributed by atoms with Crippen molar-refractivity contribution in [3.63, 3.8) is 0 Å². The van der Waals surface area contributed by atoms with E-state index in [2.05, 4.69) is 16.2 Å². The largest absolute Gasteiger partial charge is 0.376 e. The maximum Gasteiger partial charge on any atom is 0.257 e. The van der Waals surface area contributed by atoms with Crippen LogP contribution in [0.1, 0.15) is 41.6 Å². The van der Waals surface area contributed by atoms with Crippen molar-refractivity contribution in [2.24, 2.45) is 0 Å². The summed E-state index contributed by atoms with van der Waals surface area (Å²) in [5, 5.41) is 3.05. The van der Waals surface area contributed by atoms with Crippen molar-refractivity contribution < 1.29 is 14.4 Å². The van der Waals surface area contributed by atoms with Crippen LogP contribution < -0.4 is 16.2 Å². The normalized spacial score (nSPS) is 14.6. The van der Waals surface area contributed by atoms with Crippen LogP contribution in [0, 0.1) is 13.8 Å². The summed E-state index contributed by atoms with van der Waals surface area (Å²) in [6, 6.07) is 13.1. The van der Waals surface area contributed by atoms with Gasteiger partial charge < -0.3 is 10.2 Å². The van der Waals surface area contributed by atoms with Gasteiger partial charge in [-0.15, -0.1) is 0 Å². The van der Waals surface area contributed by atoms with E-state index in [-0.39, 0.29) is 30.7 Å². The van der Waals surface area contributed by atoms with Crippen molar-refractivity contribution in [1.29, 1.82) is 0 Å². The number of aryl methyl sites for hydroxylation is 2. The summed E-state index contributed by atoms with van der Waals surface area (Å²) in [4.78, 5) is 38.1. The van der Waals surface area contributed by atoms with Crippen LogP contribution in [0.15, 0.2) is 48.7 Å². The zero-order chi connectivity index (χ0) is 21.7. The molecule has 3 rings (SSSR count). The van der Waals surface area contributed by atoms with Gasteiger partial charge in [-0.1, -0.05) is 42.0 Å². The monoisotopic (exact) mass is 406 g/mol. The van der Waals surface area contributed by atoms with Crippen LogP contribution in [0.4, 0.5) is 5.69 Å². The van der Waals surface area contributed by atoms with Crippen molar-refractivity contribution in [2.75, 3.05) is 11.9 Å². The SMILES string of the molecule is CC(=O)N1C=Cc2ccccc2[C@@H]1CC(=O)NNC(=O)CNc1ccc(C)cc1C. The third-order valence-electron chi connectivity index (χ3n) is 5.01. The number of hydrazine groups is 1. The molecule has 156 valence electrons. The first-order valence-electron chi connectivity index (χ1n) is 9.80. The average Bonchev–Trinajstić information content (AvgIpc) is 2.71. The fourth-order valence-electron chi connectivity index (χ4n) is 3.51. The summed E-state index contributed by atoms with van der Waals surface area (Å²) in [6.07, 6.45) is 3.58. The Morgan fingerprint density at radius 3 is 2.47 bits per heavy atom. The van der Waals surface area contributed by atoms with Gasteiger partial charge in [-0.05, 0) is 42.7 Å². The van der Waals surface area contributed by atoms with E-state index >= 15 is 0 Å². The minimum Gasteiger partial charge on any atom is -0.376 e. The van der Waals surface area contributed by atoms with Crippen LogP contribution >= 0.6 is 0 Å². The van der Waals surface area contributed by atoms with Gasteiger partial charge in [0.25, 0.3) is 5.91 Å². The first-order chi connectivity index (χ1) is 14.3. The zero-order valence-corrected chi connectivity index (χ0v) is 17.4. The zero-order valence-electron chi connectivity index (χ0n) is 17.4. The van der Waals surface area contributed by atoms with Crippen LogP contribution in [-0.2, 0) is 14.4 Å². The molecular formula is C23H26N4O3. The van der Waals surface area contributed by atoms with Gasteiger partial charge in [-0.3, -0.25) is 25.2 Å². The molecule has 0 spiro atoms. The highest BCUT2D eigenvalue weighted by Crippen LogP contribution is 2.32. The molecule has 7 heteroatoms. The van der Waals surface area contributed by atoms with Crippen LogP contribution in [0.5, 0.6) is 0 Å². The molecule has 0 aromatic heterocycles. The summed E-state index contributed by atoms with van der Waals surface area (Å²) in [5.74, 6) is -0.896. The number of hydrogen-bond acceptors (Lipinski definition) is 4.